The molecule has 2 N–H and O–H groups in total. The van der Waals surface area contributed by atoms with Gasteiger partial charge in [-0.3, -0.25) is 4.79 Å². The van der Waals surface area contributed by atoms with Crippen molar-refractivity contribution in [3.05, 3.63) is 94.3 Å². The van der Waals surface area contributed by atoms with E-state index < -0.39 is 0 Å². The van der Waals surface area contributed by atoms with E-state index >= 15 is 0 Å². The number of hydrogen-bond acceptors (Lipinski definition) is 5. The summed E-state index contributed by atoms with van der Waals surface area (Å²) in [5.74, 6) is 2.33. The Balaban J connectivity index is 1.61. The molecule has 0 saturated carbocycles. The van der Waals surface area contributed by atoms with E-state index in [1.807, 2.05) is 91.5 Å². The van der Waals surface area contributed by atoms with Gasteiger partial charge in [0.15, 0.2) is 5.11 Å². The molecule has 0 fully saturated rings. The molecule has 4 aromatic rings. The Morgan fingerprint density at radius 3 is 2.19 bits per heavy atom. The number of rotatable bonds is 10. The van der Waals surface area contributed by atoms with Crippen LogP contribution in [-0.4, -0.2) is 35.3 Å². The van der Waals surface area contributed by atoms with Crippen LogP contribution in [0.3, 0.4) is 0 Å². The van der Waals surface area contributed by atoms with Gasteiger partial charge in [-0.15, -0.1) is 0 Å². The minimum Gasteiger partial charge on any atom is -0.497 e. The number of fused-ring (bicyclic) bond motifs is 1. The van der Waals surface area contributed by atoms with Crippen LogP contribution < -0.4 is 25.1 Å². The fourth-order valence-electron chi connectivity index (χ4n) is 3.96. The number of ether oxygens (including phenoxy) is 3. The molecule has 3 aromatic carbocycles. The summed E-state index contributed by atoms with van der Waals surface area (Å²) >= 11 is 5.81. The van der Waals surface area contributed by atoms with E-state index in [4.69, 9.17) is 26.4 Å². The van der Waals surface area contributed by atoms with E-state index in [0.29, 0.717) is 37.0 Å². The van der Waals surface area contributed by atoms with Gasteiger partial charge in [0.25, 0.3) is 5.56 Å². The first kappa shape index (κ1) is 26.0. The maximum Gasteiger partial charge on any atom is 0.253 e. The summed E-state index contributed by atoms with van der Waals surface area (Å²) in [6, 6.07) is 23.0. The zero-order valence-corrected chi connectivity index (χ0v) is 22.1. The van der Waals surface area contributed by atoms with Gasteiger partial charge in [-0.05, 0) is 92.3 Å². The molecule has 1 aromatic heterocycles. The number of nitrogens with one attached hydrogen (secondary N) is 2. The van der Waals surface area contributed by atoms with Gasteiger partial charge in [0.2, 0.25) is 0 Å². The lowest BCUT2D eigenvalue weighted by Crippen LogP contribution is -2.35. The van der Waals surface area contributed by atoms with Gasteiger partial charge in [0, 0.05) is 28.7 Å². The van der Waals surface area contributed by atoms with Gasteiger partial charge >= 0.3 is 0 Å². The third-order valence-electron chi connectivity index (χ3n) is 5.80. The zero-order valence-electron chi connectivity index (χ0n) is 21.2. The Hall–Kier alpha value is -4.04. The summed E-state index contributed by atoms with van der Waals surface area (Å²) in [5, 5.41) is 4.70. The Bertz CT molecular complexity index is 1400. The molecule has 0 aliphatic heterocycles. The van der Waals surface area contributed by atoms with Gasteiger partial charge in [0.05, 0.1) is 26.9 Å². The van der Waals surface area contributed by atoms with E-state index in [2.05, 4.69) is 10.3 Å². The van der Waals surface area contributed by atoms with Crippen LogP contribution in [0.15, 0.2) is 77.6 Å². The molecule has 37 heavy (non-hydrogen) atoms. The van der Waals surface area contributed by atoms with Gasteiger partial charge in [0.1, 0.15) is 17.2 Å². The van der Waals surface area contributed by atoms with Gasteiger partial charge in [-0.25, -0.2) is 0 Å². The molecule has 0 atom stereocenters. The SMILES string of the molecule is CCOc1ccc(NC(=S)N(Cc2ccc(OC)cc2)Cc2cc3cc(OCC)ccc3[nH]c2=O)cc1. The average molecular weight is 518 g/mol. The first-order valence-corrected chi connectivity index (χ1v) is 12.6. The number of aromatic amines is 1. The maximum atomic E-state index is 13.0. The average Bonchev–Trinajstić information content (AvgIpc) is 2.90. The van der Waals surface area contributed by atoms with Crippen molar-refractivity contribution < 1.29 is 14.2 Å². The summed E-state index contributed by atoms with van der Waals surface area (Å²) in [7, 11) is 1.64. The number of hydrogen-bond donors (Lipinski definition) is 2. The molecule has 0 spiro atoms. The molecule has 0 aliphatic carbocycles. The molecular formula is C29H31N3O4S. The standard InChI is InChI=1S/C29H31N3O4S/c1-4-35-25-12-8-23(9-13-25)30-29(37)32(18-20-6-10-24(34-3)11-7-20)19-22-16-21-17-26(36-5-2)14-15-27(21)31-28(22)33/h6-17H,4-5,18-19H2,1-3H3,(H,30,37)(H,31,33). The van der Waals surface area contributed by atoms with Crippen LogP contribution in [0.2, 0.25) is 0 Å². The summed E-state index contributed by atoms with van der Waals surface area (Å²) in [4.78, 5) is 17.9. The lowest BCUT2D eigenvalue weighted by atomic mass is 10.1. The van der Waals surface area contributed by atoms with Crippen LogP contribution in [0.25, 0.3) is 10.9 Å². The van der Waals surface area contributed by atoms with Crippen molar-refractivity contribution in [2.45, 2.75) is 26.9 Å². The van der Waals surface area contributed by atoms with Gasteiger partial charge in [-0.1, -0.05) is 12.1 Å². The van der Waals surface area contributed by atoms with E-state index in [1.54, 1.807) is 7.11 Å². The molecule has 8 heteroatoms. The summed E-state index contributed by atoms with van der Waals surface area (Å²) in [5.41, 5.74) is 3.08. The predicted octanol–water partition coefficient (Wildman–Crippen LogP) is 5.73. The molecule has 0 unspecified atom stereocenters. The number of nitrogens with zero attached hydrogens (tertiary/aromatic N) is 1. The molecule has 0 radical (unpaired) electrons. The number of H-pyrrole nitrogens is 1. The molecule has 0 bridgehead atoms. The highest BCUT2D eigenvalue weighted by Crippen LogP contribution is 2.22. The van der Waals surface area contributed by atoms with E-state index in [9.17, 15) is 4.79 Å². The van der Waals surface area contributed by atoms with Crippen molar-refractivity contribution in [3.8, 4) is 17.2 Å². The third kappa shape index (κ3) is 6.80. The molecule has 0 saturated heterocycles. The van der Waals surface area contributed by atoms with Gasteiger partial charge < -0.3 is 29.4 Å². The number of benzene rings is 3. The largest absolute Gasteiger partial charge is 0.497 e. The normalized spacial score (nSPS) is 10.7. The van der Waals surface area contributed by atoms with Crippen molar-refractivity contribution in [1.82, 2.24) is 9.88 Å². The second kappa shape index (κ2) is 12.3. The number of thiocarbonyl (C=S) groups is 1. The lowest BCUT2D eigenvalue weighted by Gasteiger charge is -2.26. The molecule has 1 heterocycles. The third-order valence-corrected chi connectivity index (χ3v) is 6.16. The second-order valence-corrected chi connectivity index (χ2v) is 8.78. The Kier molecular flexibility index (Phi) is 8.64. The Morgan fingerprint density at radius 1 is 0.865 bits per heavy atom. The van der Waals surface area contributed by atoms with Crippen molar-refractivity contribution in [1.29, 1.82) is 0 Å². The molecule has 4 rings (SSSR count). The van der Waals surface area contributed by atoms with Crippen molar-refractivity contribution in [3.63, 3.8) is 0 Å². The van der Waals surface area contributed by atoms with Crippen LogP contribution in [0, 0.1) is 0 Å². The van der Waals surface area contributed by atoms with E-state index in [1.165, 1.54) is 0 Å². The predicted molar refractivity (Wildman–Crippen MR) is 152 cm³/mol. The second-order valence-electron chi connectivity index (χ2n) is 8.40. The van der Waals surface area contributed by atoms with E-state index in [-0.39, 0.29) is 5.56 Å². The molecule has 0 amide bonds. The van der Waals surface area contributed by atoms with Crippen molar-refractivity contribution in [2.24, 2.45) is 0 Å². The first-order valence-electron chi connectivity index (χ1n) is 12.2. The minimum atomic E-state index is -0.153. The highest BCUT2D eigenvalue weighted by molar-refractivity contribution is 7.80. The van der Waals surface area contributed by atoms with Crippen LogP contribution in [-0.2, 0) is 13.1 Å². The van der Waals surface area contributed by atoms with Crippen LogP contribution in [0.4, 0.5) is 5.69 Å². The molecular weight excluding hydrogens is 486 g/mol. The molecule has 0 aliphatic rings. The van der Waals surface area contributed by atoms with Crippen LogP contribution in [0.5, 0.6) is 17.2 Å². The summed E-state index contributed by atoms with van der Waals surface area (Å²) in [6.07, 6.45) is 0. The number of aromatic nitrogens is 1. The van der Waals surface area contributed by atoms with Crippen molar-refractivity contribution in [2.75, 3.05) is 25.6 Å². The Labute approximate surface area is 222 Å². The summed E-state index contributed by atoms with van der Waals surface area (Å²) < 4.78 is 16.5. The monoisotopic (exact) mass is 517 g/mol. The smallest absolute Gasteiger partial charge is 0.253 e. The quantitative estimate of drug-likeness (QED) is 0.260. The number of methoxy groups -OCH3 is 1. The van der Waals surface area contributed by atoms with Gasteiger partial charge in [-0.2, -0.15) is 0 Å². The fourth-order valence-corrected chi connectivity index (χ4v) is 4.21. The fraction of sp³-hybridized carbons (Fsp3) is 0.241. The molecule has 192 valence electrons. The summed E-state index contributed by atoms with van der Waals surface area (Å²) in [6.45, 7) is 5.89. The van der Waals surface area contributed by atoms with Crippen molar-refractivity contribution >= 4 is 33.9 Å². The topological polar surface area (TPSA) is 75.8 Å². The highest BCUT2D eigenvalue weighted by atomic mass is 32.1. The number of anilines is 1. The van der Waals surface area contributed by atoms with Crippen LogP contribution in [0.1, 0.15) is 25.0 Å². The maximum absolute atomic E-state index is 13.0. The Morgan fingerprint density at radius 2 is 1.51 bits per heavy atom. The van der Waals surface area contributed by atoms with E-state index in [0.717, 1.165) is 39.4 Å². The van der Waals surface area contributed by atoms with Crippen LogP contribution >= 0.6 is 12.2 Å². The lowest BCUT2D eigenvalue weighted by molar-refractivity contribution is 0.340. The number of pyridine rings is 1. The highest BCUT2D eigenvalue weighted by Gasteiger charge is 2.15. The zero-order chi connectivity index (χ0) is 26.2. The molecule has 7 nitrogen and oxygen atoms in total. The first-order chi connectivity index (χ1) is 18.0. The minimum absolute atomic E-state index is 0.153.